The Morgan fingerprint density at radius 1 is 1.28 bits per heavy atom. The molecule has 0 aliphatic rings. The van der Waals surface area contributed by atoms with Crippen molar-refractivity contribution < 1.29 is 0 Å². The Bertz CT molecular complexity index is 450. The number of nitriles is 1. The van der Waals surface area contributed by atoms with Crippen LogP contribution in [0, 0.1) is 11.3 Å². The number of hydrogen-bond acceptors (Lipinski definition) is 2. The zero-order valence-corrected chi connectivity index (χ0v) is 12.5. The number of nitrogens with zero attached hydrogens (tertiary/aromatic N) is 2. The molecule has 0 saturated carbocycles. The van der Waals surface area contributed by atoms with Gasteiger partial charge in [-0.25, -0.2) is 0 Å². The number of benzene rings is 1. The van der Waals surface area contributed by atoms with E-state index in [9.17, 15) is 5.26 Å². The van der Waals surface area contributed by atoms with Gasteiger partial charge in [-0.2, -0.15) is 5.26 Å². The monoisotopic (exact) mass is 284 g/mol. The van der Waals surface area contributed by atoms with Crippen LogP contribution in [0.25, 0.3) is 0 Å². The molecule has 0 aliphatic carbocycles. The lowest BCUT2D eigenvalue weighted by molar-refractivity contribution is 0.169. The fourth-order valence-corrected chi connectivity index (χ4v) is 2.65. The second-order valence-electron chi connectivity index (χ2n) is 4.47. The minimum absolute atomic E-state index is 0.541. The predicted molar refractivity (Wildman–Crippen MR) is 77.1 cm³/mol. The van der Waals surface area contributed by atoms with Gasteiger partial charge in [0.15, 0.2) is 0 Å². The van der Waals surface area contributed by atoms with E-state index < -0.39 is 5.54 Å². The lowest BCUT2D eigenvalue weighted by atomic mass is 9.92. The number of likely N-dealkylation sites (N-methyl/N-ethyl adjacent to an activating group) is 1. The molecule has 0 saturated heterocycles. The maximum absolute atomic E-state index is 9.46. The molecule has 0 amide bonds. The molecule has 0 aromatic heterocycles. The van der Waals surface area contributed by atoms with Crippen molar-refractivity contribution in [1.82, 2.24) is 4.90 Å². The molecule has 1 aromatic rings. The smallest absolute Gasteiger partial charge is 0.110 e. The van der Waals surface area contributed by atoms with Crippen molar-refractivity contribution in [2.45, 2.75) is 32.7 Å². The molecule has 2 nitrogen and oxygen atoms in total. The Balaban J connectivity index is 3.02. The first-order valence-corrected chi connectivity index (χ1v) is 6.82. The van der Waals surface area contributed by atoms with Gasteiger partial charge in [-0.05, 0) is 37.7 Å². The molecule has 1 atom stereocenters. The molecule has 98 valence electrons. The molecular weight excluding hydrogens is 267 g/mol. The second kappa shape index (κ2) is 6.43. The van der Waals surface area contributed by atoms with Crippen LogP contribution < -0.4 is 0 Å². The molecule has 0 bridgehead atoms. The van der Waals surface area contributed by atoms with Crippen LogP contribution in [-0.4, -0.2) is 23.5 Å². The van der Waals surface area contributed by atoms with Crippen molar-refractivity contribution in [2.75, 3.05) is 13.1 Å². The maximum Gasteiger partial charge on any atom is 0.110 e. The van der Waals surface area contributed by atoms with Crippen molar-refractivity contribution in [2.24, 2.45) is 0 Å². The van der Waals surface area contributed by atoms with Crippen molar-refractivity contribution in [3.8, 4) is 6.07 Å². The van der Waals surface area contributed by atoms with E-state index in [1.54, 1.807) is 6.07 Å². The Morgan fingerprint density at radius 3 is 2.33 bits per heavy atom. The summed E-state index contributed by atoms with van der Waals surface area (Å²) in [5.41, 5.74) is 0.415. The molecule has 0 aliphatic heterocycles. The highest BCUT2D eigenvalue weighted by molar-refractivity contribution is 6.35. The Labute approximate surface area is 119 Å². The van der Waals surface area contributed by atoms with E-state index in [4.69, 9.17) is 23.2 Å². The Hall–Kier alpha value is -0.750. The number of rotatable bonds is 5. The summed E-state index contributed by atoms with van der Waals surface area (Å²) in [5.74, 6) is 0. The summed E-state index contributed by atoms with van der Waals surface area (Å²) in [6, 6.07) is 7.83. The summed E-state index contributed by atoms with van der Waals surface area (Å²) in [6.45, 7) is 7.74. The lowest BCUT2D eigenvalue weighted by Crippen LogP contribution is -2.46. The Kier molecular flexibility index (Phi) is 5.47. The fraction of sp³-hybridized carbons (Fsp3) is 0.500. The van der Waals surface area contributed by atoms with Gasteiger partial charge in [-0.15, -0.1) is 0 Å². The van der Waals surface area contributed by atoms with Gasteiger partial charge in [0.25, 0.3) is 0 Å². The summed E-state index contributed by atoms with van der Waals surface area (Å²) < 4.78 is 0. The number of halogens is 2. The summed E-state index contributed by atoms with van der Waals surface area (Å²) >= 11 is 12.1. The molecule has 0 spiro atoms. The molecule has 18 heavy (non-hydrogen) atoms. The van der Waals surface area contributed by atoms with Crippen LogP contribution in [-0.2, 0) is 6.42 Å². The first kappa shape index (κ1) is 15.3. The van der Waals surface area contributed by atoms with E-state index in [1.165, 1.54) is 0 Å². The normalized spacial score (nSPS) is 14.3. The SMILES string of the molecule is CCN(CC)C(C)(C#N)Cc1ccc(Cl)cc1Cl. The zero-order chi connectivity index (χ0) is 13.8. The van der Waals surface area contributed by atoms with Crippen molar-refractivity contribution in [3.05, 3.63) is 33.8 Å². The highest BCUT2D eigenvalue weighted by atomic mass is 35.5. The van der Waals surface area contributed by atoms with Crippen molar-refractivity contribution in [3.63, 3.8) is 0 Å². The summed E-state index contributed by atoms with van der Waals surface area (Å²) in [5, 5.41) is 10.7. The van der Waals surface area contributed by atoms with E-state index >= 15 is 0 Å². The highest BCUT2D eigenvalue weighted by Gasteiger charge is 2.30. The van der Waals surface area contributed by atoms with Gasteiger partial charge >= 0.3 is 0 Å². The maximum atomic E-state index is 9.46. The van der Waals surface area contributed by atoms with Gasteiger partial charge in [0.2, 0.25) is 0 Å². The second-order valence-corrected chi connectivity index (χ2v) is 5.31. The van der Waals surface area contributed by atoms with Crippen LogP contribution in [0.1, 0.15) is 26.3 Å². The predicted octanol–water partition coefficient (Wildman–Crippen LogP) is 4.16. The Morgan fingerprint density at radius 2 is 1.89 bits per heavy atom. The highest BCUT2D eigenvalue weighted by Crippen LogP contribution is 2.27. The van der Waals surface area contributed by atoms with Crippen molar-refractivity contribution in [1.29, 1.82) is 5.26 Å². The third-order valence-corrected chi connectivity index (χ3v) is 3.84. The first-order valence-electron chi connectivity index (χ1n) is 6.07. The molecule has 1 rings (SSSR count). The fourth-order valence-electron chi connectivity index (χ4n) is 2.18. The van der Waals surface area contributed by atoms with Gasteiger partial charge in [-0.1, -0.05) is 43.1 Å². The average Bonchev–Trinajstić information content (AvgIpc) is 2.34. The molecular formula is C14H18Cl2N2. The molecule has 0 radical (unpaired) electrons. The third-order valence-electron chi connectivity index (χ3n) is 3.25. The van der Waals surface area contributed by atoms with Gasteiger partial charge in [0.05, 0.1) is 6.07 Å². The molecule has 0 N–H and O–H groups in total. The standard InChI is InChI=1S/C14H18Cl2N2/c1-4-18(5-2)14(3,10-17)9-11-6-7-12(15)8-13(11)16/h6-8H,4-5,9H2,1-3H3. The van der Waals surface area contributed by atoms with Gasteiger partial charge in [-0.3, -0.25) is 4.90 Å². The van der Waals surface area contributed by atoms with E-state index in [2.05, 4.69) is 24.8 Å². The molecule has 0 fully saturated rings. The van der Waals surface area contributed by atoms with Crippen molar-refractivity contribution >= 4 is 23.2 Å². The summed E-state index contributed by atoms with van der Waals surface area (Å²) in [7, 11) is 0. The van der Waals surface area contributed by atoms with Crippen LogP contribution >= 0.6 is 23.2 Å². The van der Waals surface area contributed by atoms with Crippen LogP contribution in [0.2, 0.25) is 10.0 Å². The molecule has 0 heterocycles. The summed E-state index contributed by atoms with van der Waals surface area (Å²) in [4.78, 5) is 2.14. The topological polar surface area (TPSA) is 27.0 Å². The zero-order valence-electron chi connectivity index (χ0n) is 11.0. The average molecular weight is 285 g/mol. The van der Waals surface area contributed by atoms with E-state index in [1.807, 2.05) is 19.1 Å². The minimum atomic E-state index is -0.541. The van der Waals surface area contributed by atoms with Gasteiger partial charge in [0, 0.05) is 16.5 Å². The van der Waals surface area contributed by atoms with E-state index in [0.29, 0.717) is 16.5 Å². The van der Waals surface area contributed by atoms with E-state index in [0.717, 1.165) is 18.7 Å². The quantitative estimate of drug-likeness (QED) is 0.812. The molecule has 1 aromatic carbocycles. The van der Waals surface area contributed by atoms with E-state index in [-0.39, 0.29) is 0 Å². The van der Waals surface area contributed by atoms with Crippen LogP contribution in [0.3, 0.4) is 0 Å². The van der Waals surface area contributed by atoms with Gasteiger partial charge in [0.1, 0.15) is 5.54 Å². The first-order chi connectivity index (χ1) is 8.46. The van der Waals surface area contributed by atoms with Crippen LogP contribution in [0.4, 0.5) is 0 Å². The minimum Gasteiger partial charge on any atom is -0.286 e. The van der Waals surface area contributed by atoms with Crippen LogP contribution in [0.5, 0.6) is 0 Å². The third kappa shape index (κ3) is 3.38. The lowest BCUT2D eigenvalue weighted by Gasteiger charge is -2.34. The summed E-state index contributed by atoms with van der Waals surface area (Å²) in [6.07, 6.45) is 0.598. The van der Waals surface area contributed by atoms with Gasteiger partial charge < -0.3 is 0 Å². The van der Waals surface area contributed by atoms with Crippen LogP contribution in [0.15, 0.2) is 18.2 Å². The largest absolute Gasteiger partial charge is 0.286 e. The number of hydrogen-bond donors (Lipinski definition) is 0. The molecule has 4 heteroatoms. The molecule has 1 unspecified atom stereocenters.